The number of carbonyl (C=O) groups excluding carboxylic acids is 1. The molecule has 0 bridgehead atoms. The van der Waals surface area contributed by atoms with E-state index in [-0.39, 0.29) is 17.7 Å². The Labute approximate surface area is 84.6 Å². The van der Waals surface area contributed by atoms with Crippen LogP contribution in [0.25, 0.3) is 0 Å². The molecule has 1 aliphatic carbocycles. The number of hydrogen-bond donors (Lipinski definition) is 2. The summed E-state index contributed by atoms with van der Waals surface area (Å²) in [6.45, 7) is 5.78. The number of carbonyl (C=O) groups is 1. The molecule has 1 amide bonds. The Morgan fingerprint density at radius 1 is 1.46 bits per heavy atom. The van der Waals surface area contributed by atoms with Crippen LogP contribution in [0.2, 0.25) is 0 Å². The standard InChI is InChI=1S/C9H17NO2S/c1-9(2,3)10-8(11)12-6-4-7(13)5-6/h6-7,13H,4-5H2,1-3H3,(H,10,11). The average molecular weight is 203 g/mol. The minimum Gasteiger partial charge on any atom is -0.446 e. The number of hydrogen-bond acceptors (Lipinski definition) is 3. The van der Waals surface area contributed by atoms with Crippen molar-refractivity contribution in [1.82, 2.24) is 5.32 Å². The number of nitrogens with one attached hydrogen (secondary N) is 1. The van der Waals surface area contributed by atoms with Crippen LogP contribution >= 0.6 is 12.6 Å². The largest absolute Gasteiger partial charge is 0.446 e. The van der Waals surface area contributed by atoms with E-state index in [2.05, 4.69) is 17.9 Å². The van der Waals surface area contributed by atoms with E-state index in [1.165, 1.54) is 0 Å². The Balaban J connectivity index is 2.19. The van der Waals surface area contributed by atoms with E-state index < -0.39 is 0 Å². The molecule has 0 aromatic heterocycles. The fraction of sp³-hybridized carbons (Fsp3) is 0.889. The lowest BCUT2D eigenvalue weighted by atomic mass is 9.95. The lowest BCUT2D eigenvalue weighted by Crippen LogP contribution is -2.44. The second-order valence-corrected chi connectivity index (χ2v) is 5.26. The molecule has 0 spiro atoms. The predicted octanol–water partition coefficient (Wildman–Crippen LogP) is 1.97. The van der Waals surface area contributed by atoms with Crippen LogP contribution in [0.15, 0.2) is 0 Å². The molecule has 0 aromatic rings. The second-order valence-electron chi connectivity index (χ2n) is 4.53. The zero-order valence-electron chi connectivity index (χ0n) is 8.33. The Hall–Kier alpha value is -0.380. The van der Waals surface area contributed by atoms with Crippen LogP contribution in [0, 0.1) is 0 Å². The number of rotatable bonds is 1. The topological polar surface area (TPSA) is 38.3 Å². The van der Waals surface area contributed by atoms with Gasteiger partial charge in [-0.05, 0) is 33.6 Å². The first-order chi connectivity index (χ1) is 5.87. The van der Waals surface area contributed by atoms with Crippen LogP contribution in [0.1, 0.15) is 33.6 Å². The molecule has 13 heavy (non-hydrogen) atoms. The van der Waals surface area contributed by atoms with E-state index in [0.29, 0.717) is 5.25 Å². The summed E-state index contributed by atoms with van der Waals surface area (Å²) < 4.78 is 5.13. The summed E-state index contributed by atoms with van der Waals surface area (Å²) >= 11 is 4.24. The fourth-order valence-corrected chi connectivity index (χ4v) is 1.59. The van der Waals surface area contributed by atoms with Crippen molar-refractivity contribution in [2.24, 2.45) is 0 Å². The molecule has 0 heterocycles. The van der Waals surface area contributed by atoms with Gasteiger partial charge in [0.2, 0.25) is 0 Å². The van der Waals surface area contributed by atoms with E-state index in [0.717, 1.165) is 12.8 Å². The highest BCUT2D eigenvalue weighted by Gasteiger charge is 2.30. The molecule has 0 radical (unpaired) electrons. The quantitative estimate of drug-likeness (QED) is 0.639. The number of amides is 1. The van der Waals surface area contributed by atoms with Crippen LogP contribution in [0.4, 0.5) is 4.79 Å². The normalized spacial score (nSPS) is 27.7. The van der Waals surface area contributed by atoms with Crippen molar-refractivity contribution in [3.05, 3.63) is 0 Å². The second kappa shape index (κ2) is 3.78. The third-order valence-corrected chi connectivity index (χ3v) is 2.24. The summed E-state index contributed by atoms with van der Waals surface area (Å²) in [5.74, 6) is 0. The molecule has 1 aliphatic rings. The summed E-state index contributed by atoms with van der Waals surface area (Å²) in [6, 6.07) is 0. The average Bonchev–Trinajstić information content (AvgIpc) is 1.79. The molecule has 0 aromatic carbocycles. The summed E-state index contributed by atoms with van der Waals surface area (Å²) in [5, 5.41) is 3.16. The van der Waals surface area contributed by atoms with Crippen molar-refractivity contribution in [2.45, 2.75) is 50.5 Å². The van der Waals surface area contributed by atoms with Gasteiger partial charge in [-0.3, -0.25) is 0 Å². The predicted molar refractivity (Wildman–Crippen MR) is 55.2 cm³/mol. The zero-order valence-corrected chi connectivity index (χ0v) is 9.23. The summed E-state index contributed by atoms with van der Waals surface area (Å²) in [4.78, 5) is 11.2. The van der Waals surface area contributed by atoms with Gasteiger partial charge in [-0.25, -0.2) is 4.79 Å². The van der Waals surface area contributed by atoms with Gasteiger partial charge in [0.15, 0.2) is 0 Å². The van der Waals surface area contributed by atoms with Crippen molar-refractivity contribution in [3.8, 4) is 0 Å². The molecule has 0 unspecified atom stereocenters. The van der Waals surface area contributed by atoms with Crippen LogP contribution in [-0.4, -0.2) is 23.0 Å². The number of ether oxygens (including phenoxy) is 1. The van der Waals surface area contributed by atoms with E-state index in [4.69, 9.17) is 4.74 Å². The summed E-state index contributed by atoms with van der Waals surface area (Å²) in [5.41, 5.74) is -0.221. The molecule has 1 saturated carbocycles. The van der Waals surface area contributed by atoms with Crippen molar-refractivity contribution in [1.29, 1.82) is 0 Å². The third-order valence-electron chi connectivity index (χ3n) is 1.82. The molecule has 0 atom stereocenters. The Bertz CT molecular complexity index is 194. The van der Waals surface area contributed by atoms with Gasteiger partial charge in [-0.1, -0.05) is 0 Å². The van der Waals surface area contributed by atoms with E-state index in [1.807, 2.05) is 20.8 Å². The Morgan fingerprint density at radius 2 is 2.00 bits per heavy atom. The Kier molecular flexibility index (Phi) is 3.11. The van der Waals surface area contributed by atoms with Crippen LogP contribution in [0.5, 0.6) is 0 Å². The molecule has 1 fully saturated rings. The van der Waals surface area contributed by atoms with Gasteiger partial charge >= 0.3 is 6.09 Å². The van der Waals surface area contributed by atoms with Gasteiger partial charge in [0.25, 0.3) is 0 Å². The first kappa shape index (κ1) is 10.7. The molecule has 1 N–H and O–H groups in total. The van der Waals surface area contributed by atoms with Crippen molar-refractivity contribution in [3.63, 3.8) is 0 Å². The van der Waals surface area contributed by atoms with Crippen molar-refractivity contribution in [2.75, 3.05) is 0 Å². The highest BCUT2D eigenvalue weighted by molar-refractivity contribution is 7.81. The van der Waals surface area contributed by atoms with Gasteiger partial charge in [0, 0.05) is 10.8 Å². The maximum Gasteiger partial charge on any atom is 0.407 e. The summed E-state index contributed by atoms with van der Waals surface area (Å²) in [7, 11) is 0. The Morgan fingerprint density at radius 3 is 2.38 bits per heavy atom. The molecule has 0 aliphatic heterocycles. The molecule has 0 saturated heterocycles. The molecule has 4 heteroatoms. The molecule has 3 nitrogen and oxygen atoms in total. The van der Waals surface area contributed by atoms with Crippen molar-refractivity contribution < 1.29 is 9.53 Å². The highest BCUT2D eigenvalue weighted by atomic mass is 32.1. The van der Waals surface area contributed by atoms with Gasteiger partial charge in [0.1, 0.15) is 6.10 Å². The molecular weight excluding hydrogens is 186 g/mol. The summed E-state index contributed by atoms with van der Waals surface area (Å²) in [6.07, 6.45) is 1.50. The smallest absolute Gasteiger partial charge is 0.407 e. The van der Waals surface area contributed by atoms with E-state index >= 15 is 0 Å². The highest BCUT2D eigenvalue weighted by Crippen LogP contribution is 2.27. The van der Waals surface area contributed by atoms with Crippen LogP contribution in [0.3, 0.4) is 0 Å². The van der Waals surface area contributed by atoms with E-state index in [1.54, 1.807) is 0 Å². The third kappa shape index (κ3) is 3.89. The van der Waals surface area contributed by atoms with Crippen molar-refractivity contribution >= 4 is 18.7 Å². The fourth-order valence-electron chi connectivity index (χ4n) is 1.12. The molecule has 76 valence electrons. The minimum absolute atomic E-state index is 0.0739. The van der Waals surface area contributed by atoms with Gasteiger partial charge in [-0.2, -0.15) is 12.6 Å². The van der Waals surface area contributed by atoms with Crippen LogP contribution < -0.4 is 5.32 Å². The first-order valence-electron chi connectivity index (χ1n) is 4.54. The van der Waals surface area contributed by atoms with Gasteiger partial charge in [-0.15, -0.1) is 0 Å². The molecule has 1 rings (SSSR count). The first-order valence-corrected chi connectivity index (χ1v) is 5.05. The SMILES string of the molecule is CC(C)(C)NC(=O)OC1CC(S)C1. The number of alkyl carbamates (subject to hydrolysis) is 1. The lowest BCUT2D eigenvalue weighted by molar-refractivity contribution is 0.0521. The minimum atomic E-state index is -0.322. The number of thiol groups is 1. The van der Waals surface area contributed by atoms with E-state index in [9.17, 15) is 4.79 Å². The zero-order chi connectivity index (χ0) is 10.1. The monoisotopic (exact) mass is 203 g/mol. The maximum atomic E-state index is 11.2. The van der Waals surface area contributed by atoms with Crippen LogP contribution in [-0.2, 0) is 4.74 Å². The maximum absolute atomic E-state index is 11.2. The van der Waals surface area contributed by atoms with Gasteiger partial charge in [0.05, 0.1) is 0 Å². The lowest BCUT2D eigenvalue weighted by Gasteiger charge is -2.32. The molecular formula is C9H17NO2S. The van der Waals surface area contributed by atoms with Gasteiger partial charge < -0.3 is 10.1 Å².